The van der Waals surface area contributed by atoms with Gasteiger partial charge in [0.2, 0.25) is 5.91 Å². The van der Waals surface area contributed by atoms with E-state index >= 15 is 0 Å². The first-order valence-electron chi connectivity index (χ1n) is 6.76. The molecule has 2 rings (SSSR count). The maximum atomic E-state index is 12.0. The van der Waals surface area contributed by atoms with Gasteiger partial charge in [0.05, 0.1) is 6.42 Å². The Morgan fingerprint density at radius 2 is 2.10 bits per heavy atom. The molecule has 1 aliphatic carbocycles. The SMILES string of the molecule is C=C/C=C(\C=C)CC(=O)Nc1cc(N)cc(C2CC2)c1. The monoisotopic (exact) mass is 268 g/mol. The molecule has 0 spiro atoms. The fraction of sp³-hybridized carbons (Fsp3) is 0.235. The number of nitrogens with two attached hydrogens (primary N) is 1. The molecule has 1 fully saturated rings. The number of carbonyl (C=O) groups excluding carboxylic acids is 1. The topological polar surface area (TPSA) is 55.1 Å². The maximum Gasteiger partial charge on any atom is 0.228 e. The van der Waals surface area contributed by atoms with Crippen LogP contribution in [0.5, 0.6) is 0 Å². The van der Waals surface area contributed by atoms with E-state index in [1.807, 2.05) is 12.1 Å². The molecule has 0 bridgehead atoms. The molecule has 0 heterocycles. The molecule has 0 aliphatic heterocycles. The van der Waals surface area contributed by atoms with Crippen LogP contribution >= 0.6 is 0 Å². The summed E-state index contributed by atoms with van der Waals surface area (Å²) in [5, 5.41) is 2.89. The van der Waals surface area contributed by atoms with E-state index in [4.69, 9.17) is 5.73 Å². The Balaban J connectivity index is 2.05. The van der Waals surface area contributed by atoms with Gasteiger partial charge in [-0.1, -0.05) is 31.4 Å². The fourth-order valence-corrected chi connectivity index (χ4v) is 2.14. The lowest BCUT2D eigenvalue weighted by Gasteiger charge is -2.09. The van der Waals surface area contributed by atoms with Crippen molar-refractivity contribution < 1.29 is 4.79 Å². The Morgan fingerprint density at radius 3 is 2.70 bits per heavy atom. The van der Waals surface area contributed by atoms with Crippen LogP contribution in [0, 0.1) is 0 Å². The van der Waals surface area contributed by atoms with E-state index in [2.05, 4.69) is 18.5 Å². The van der Waals surface area contributed by atoms with Gasteiger partial charge in [-0.25, -0.2) is 0 Å². The van der Waals surface area contributed by atoms with Crippen LogP contribution in [0.2, 0.25) is 0 Å². The quantitative estimate of drug-likeness (QED) is 0.609. The minimum atomic E-state index is -0.0784. The number of nitrogens with one attached hydrogen (secondary N) is 1. The van der Waals surface area contributed by atoms with E-state index in [1.54, 1.807) is 24.3 Å². The molecule has 1 saturated carbocycles. The number of hydrogen-bond acceptors (Lipinski definition) is 2. The first kappa shape index (κ1) is 14.1. The third kappa shape index (κ3) is 3.85. The van der Waals surface area contributed by atoms with E-state index in [9.17, 15) is 4.79 Å². The number of amides is 1. The molecule has 1 amide bonds. The third-order valence-corrected chi connectivity index (χ3v) is 3.27. The molecule has 1 aromatic rings. The largest absolute Gasteiger partial charge is 0.399 e. The fourth-order valence-electron chi connectivity index (χ4n) is 2.14. The van der Waals surface area contributed by atoms with Gasteiger partial charge in [-0.2, -0.15) is 0 Å². The molecule has 1 aliphatic rings. The van der Waals surface area contributed by atoms with Gasteiger partial charge in [-0.05, 0) is 48.1 Å². The number of anilines is 2. The molecule has 104 valence electrons. The lowest BCUT2D eigenvalue weighted by molar-refractivity contribution is -0.115. The molecule has 20 heavy (non-hydrogen) atoms. The first-order valence-corrected chi connectivity index (χ1v) is 6.76. The first-order chi connectivity index (χ1) is 9.62. The molecule has 0 atom stereocenters. The van der Waals surface area contributed by atoms with Crippen LogP contribution in [0.4, 0.5) is 11.4 Å². The van der Waals surface area contributed by atoms with Gasteiger partial charge in [-0.15, -0.1) is 0 Å². The van der Waals surface area contributed by atoms with Crippen molar-refractivity contribution in [2.45, 2.75) is 25.2 Å². The van der Waals surface area contributed by atoms with Crippen molar-refractivity contribution in [3.8, 4) is 0 Å². The second-order valence-corrected chi connectivity index (χ2v) is 5.07. The van der Waals surface area contributed by atoms with Crippen LogP contribution in [0.25, 0.3) is 0 Å². The zero-order valence-electron chi connectivity index (χ0n) is 11.6. The van der Waals surface area contributed by atoms with E-state index in [-0.39, 0.29) is 12.3 Å². The second-order valence-electron chi connectivity index (χ2n) is 5.07. The second kappa shape index (κ2) is 6.24. The summed E-state index contributed by atoms with van der Waals surface area (Å²) >= 11 is 0. The molecule has 0 radical (unpaired) electrons. The summed E-state index contributed by atoms with van der Waals surface area (Å²) < 4.78 is 0. The molecule has 0 unspecified atom stereocenters. The predicted octanol–water partition coefficient (Wildman–Crippen LogP) is 3.77. The Labute approximate surface area is 119 Å². The van der Waals surface area contributed by atoms with Crippen LogP contribution in [0.15, 0.2) is 55.2 Å². The minimum Gasteiger partial charge on any atom is -0.399 e. The van der Waals surface area contributed by atoms with Crippen LogP contribution in [-0.4, -0.2) is 5.91 Å². The Kier molecular flexibility index (Phi) is 4.41. The van der Waals surface area contributed by atoms with Gasteiger partial charge in [-0.3, -0.25) is 4.79 Å². The molecule has 0 saturated heterocycles. The average molecular weight is 268 g/mol. The number of benzene rings is 1. The molecular weight excluding hydrogens is 248 g/mol. The Hall–Kier alpha value is -2.29. The standard InChI is InChI=1S/C17H20N2O/c1-3-5-12(4-2)8-17(20)19-16-10-14(13-6-7-13)9-15(18)11-16/h3-5,9-11,13H,1-2,6-8,18H2,(H,19,20)/b12-5+. The number of nitrogen functional groups attached to an aromatic ring is 1. The molecule has 1 aromatic carbocycles. The van der Waals surface area contributed by atoms with Crippen LogP contribution < -0.4 is 11.1 Å². The number of rotatable bonds is 6. The molecule has 3 N–H and O–H groups in total. The normalized spacial score (nSPS) is 14.7. The van der Waals surface area contributed by atoms with Crippen molar-refractivity contribution in [1.29, 1.82) is 0 Å². The highest BCUT2D eigenvalue weighted by Gasteiger charge is 2.24. The van der Waals surface area contributed by atoms with E-state index in [0.717, 1.165) is 11.3 Å². The van der Waals surface area contributed by atoms with Crippen molar-refractivity contribution in [2.24, 2.45) is 0 Å². The Morgan fingerprint density at radius 1 is 1.35 bits per heavy atom. The van der Waals surface area contributed by atoms with Crippen molar-refractivity contribution in [2.75, 3.05) is 11.1 Å². The van der Waals surface area contributed by atoms with Crippen LogP contribution in [0.1, 0.15) is 30.7 Å². The molecular formula is C17H20N2O. The van der Waals surface area contributed by atoms with Gasteiger partial charge in [0, 0.05) is 11.4 Å². The van der Waals surface area contributed by atoms with Crippen molar-refractivity contribution in [1.82, 2.24) is 0 Å². The van der Waals surface area contributed by atoms with Gasteiger partial charge in [0.25, 0.3) is 0 Å². The third-order valence-electron chi connectivity index (χ3n) is 3.27. The van der Waals surface area contributed by atoms with E-state index in [0.29, 0.717) is 11.6 Å². The molecule has 3 heteroatoms. The zero-order chi connectivity index (χ0) is 14.5. The Bertz CT molecular complexity index is 568. The highest BCUT2D eigenvalue weighted by atomic mass is 16.1. The van der Waals surface area contributed by atoms with Gasteiger partial charge in [0.15, 0.2) is 0 Å². The molecule has 0 aromatic heterocycles. The van der Waals surface area contributed by atoms with Crippen molar-refractivity contribution in [3.63, 3.8) is 0 Å². The lowest BCUT2D eigenvalue weighted by Crippen LogP contribution is -2.12. The average Bonchev–Trinajstić information content (AvgIpc) is 3.21. The van der Waals surface area contributed by atoms with Crippen molar-refractivity contribution in [3.05, 3.63) is 60.7 Å². The summed E-state index contributed by atoms with van der Waals surface area (Å²) in [6.45, 7) is 7.30. The highest BCUT2D eigenvalue weighted by Crippen LogP contribution is 2.41. The van der Waals surface area contributed by atoms with Crippen molar-refractivity contribution >= 4 is 17.3 Å². The number of allylic oxidation sites excluding steroid dienone is 3. The maximum absolute atomic E-state index is 12.0. The van der Waals surface area contributed by atoms with E-state index < -0.39 is 0 Å². The number of hydrogen-bond donors (Lipinski definition) is 2. The minimum absolute atomic E-state index is 0.0784. The van der Waals surface area contributed by atoms with Crippen LogP contribution in [0.3, 0.4) is 0 Å². The molecule has 3 nitrogen and oxygen atoms in total. The van der Waals surface area contributed by atoms with Gasteiger partial charge < -0.3 is 11.1 Å². The van der Waals surface area contributed by atoms with Gasteiger partial charge >= 0.3 is 0 Å². The predicted molar refractivity (Wildman–Crippen MR) is 84.6 cm³/mol. The lowest BCUT2D eigenvalue weighted by atomic mass is 10.1. The summed E-state index contributed by atoms with van der Waals surface area (Å²) in [5.74, 6) is 0.531. The smallest absolute Gasteiger partial charge is 0.228 e. The summed E-state index contributed by atoms with van der Waals surface area (Å²) in [6, 6.07) is 5.78. The van der Waals surface area contributed by atoms with E-state index in [1.165, 1.54) is 18.4 Å². The highest BCUT2D eigenvalue weighted by molar-refractivity contribution is 5.93. The van der Waals surface area contributed by atoms with Gasteiger partial charge in [0.1, 0.15) is 0 Å². The summed E-state index contributed by atoms with van der Waals surface area (Å²) in [5.41, 5.74) is 9.39. The summed E-state index contributed by atoms with van der Waals surface area (Å²) in [4.78, 5) is 12.0. The summed E-state index contributed by atoms with van der Waals surface area (Å²) in [6.07, 6.45) is 7.79. The van der Waals surface area contributed by atoms with Crippen LogP contribution in [-0.2, 0) is 4.79 Å². The number of carbonyl (C=O) groups is 1. The summed E-state index contributed by atoms with van der Waals surface area (Å²) in [7, 11) is 0. The zero-order valence-corrected chi connectivity index (χ0v) is 11.6.